The molecule has 1 amide bonds. The number of ether oxygens (including phenoxy) is 2. The summed E-state index contributed by atoms with van der Waals surface area (Å²) in [4.78, 5) is 20.5. The SMILES string of the molecule is COc1ccc(CCNC(=O)c2cn3cc(Cl)cnc3n2)cc1OC. The minimum absolute atomic E-state index is 0.262. The Balaban J connectivity index is 1.62. The van der Waals surface area contributed by atoms with Gasteiger partial charge in [0.2, 0.25) is 5.78 Å². The third-order valence-corrected chi connectivity index (χ3v) is 3.85. The molecule has 0 aliphatic heterocycles. The van der Waals surface area contributed by atoms with Crippen molar-refractivity contribution < 1.29 is 14.3 Å². The van der Waals surface area contributed by atoms with Gasteiger partial charge in [-0.15, -0.1) is 0 Å². The molecular weight excluding hydrogens is 344 g/mol. The van der Waals surface area contributed by atoms with Crippen molar-refractivity contribution in [3.8, 4) is 11.5 Å². The minimum atomic E-state index is -0.262. The van der Waals surface area contributed by atoms with Gasteiger partial charge >= 0.3 is 0 Å². The van der Waals surface area contributed by atoms with Gasteiger partial charge in [-0.1, -0.05) is 17.7 Å². The summed E-state index contributed by atoms with van der Waals surface area (Å²) in [5.74, 6) is 1.50. The maximum atomic E-state index is 12.2. The monoisotopic (exact) mass is 360 g/mol. The number of methoxy groups -OCH3 is 2. The molecule has 0 unspecified atom stereocenters. The number of nitrogens with one attached hydrogen (secondary N) is 1. The average Bonchev–Trinajstić information content (AvgIpc) is 3.04. The van der Waals surface area contributed by atoms with Crippen LogP contribution in [-0.4, -0.2) is 41.0 Å². The molecule has 0 radical (unpaired) electrons. The fourth-order valence-corrected chi connectivity index (χ4v) is 2.57. The zero-order valence-electron chi connectivity index (χ0n) is 13.8. The summed E-state index contributed by atoms with van der Waals surface area (Å²) < 4.78 is 12.1. The average molecular weight is 361 g/mol. The summed E-state index contributed by atoms with van der Waals surface area (Å²) in [5, 5.41) is 3.32. The van der Waals surface area contributed by atoms with Crippen LogP contribution in [0.4, 0.5) is 0 Å². The van der Waals surface area contributed by atoms with E-state index < -0.39 is 0 Å². The molecule has 0 bridgehead atoms. The molecule has 130 valence electrons. The minimum Gasteiger partial charge on any atom is -0.493 e. The first-order chi connectivity index (χ1) is 12.1. The van der Waals surface area contributed by atoms with Crippen molar-refractivity contribution in [1.29, 1.82) is 0 Å². The molecule has 0 aliphatic carbocycles. The van der Waals surface area contributed by atoms with Gasteiger partial charge in [-0.2, -0.15) is 0 Å². The second-order valence-corrected chi connectivity index (χ2v) is 5.74. The van der Waals surface area contributed by atoms with Crippen LogP contribution in [0.5, 0.6) is 11.5 Å². The van der Waals surface area contributed by atoms with Crippen molar-refractivity contribution in [2.45, 2.75) is 6.42 Å². The van der Waals surface area contributed by atoms with Crippen molar-refractivity contribution in [1.82, 2.24) is 19.7 Å². The Bertz CT molecular complexity index is 910. The first kappa shape index (κ1) is 17.0. The van der Waals surface area contributed by atoms with E-state index >= 15 is 0 Å². The van der Waals surface area contributed by atoms with Crippen LogP contribution < -0.4 is 14.8 Å². The fraction of sp³-hybridized carbons (Fsp3) is 0.235. The van der Waals surface area contributed by atoms with E-state index in [0.29, 0.717) is 41.0 Å². The summed E-state index contributed by atoms with van der Waals surface area (Å²) in [7, 11) is 3.18. The lowest BCUT2D eigenvalue weighted by Crippen LogP contribution is -2.26. The molecule has 0 aliphatic rings. The van der Waals surface area contributed by atoms with Crippen LogP contribution >= 0.6 is 11.6 Å². The Morgan fingerprint density at radius 3 is 2.80 bits per heavy atom. The van der Waals surface area contributed by atoms with Gasteiger partial charge in [0.05, 0.1) is 25.4 Å². The molecule has 1 aromatic carbocycles. The topological polar surface area (TPSA) is 77.8 Å². The van der Waals surface area contributed by atoms with E-state index in [1.54, 1.807) is 31.0 Å². The van der Waals surface area contributed by atoms with Crippen LogP contribution in [-0.2, 0) is 6.42 Å². The molecule has 25 heavy (non-hydrogen) atoms. The number of fused-ring (bicyclic) bond motifs is 1. The van der Waals surface area contributed by atoms with E-state index in [2.05, 4.69) is 15.3 Å². The Labute approximate surface area is 149 Å². The smallest absolute Gasteiger partial charge is 0.271 e. The van der Waals surface area contributed by atoms with E-state index in [4.69, 9.17) is 21.1 Å². The maximum absolute atomic E-state index is 12.2. The van der Waals surface area contributed by atoms with Crippen LogP contribution in [0.2, 0.25) is 5.02 Å². The van der Waals surface area contributed by atoms with Gasteiger partial charge in [-0.3, -0.25) is 9.20 Å². The van der Waals surface area contributed by atoms with Gasteiger partial charge in [0.25, 0.3) is 5.91 Å². The Hall–Kier alpha value is -2.80. The zero-order valence-corrected chi connectivity index (χ0v) is 14.6. The molecule has 3 aromatic rings. The first-order valence-electron chi connectivity index (χ1n) is 7.60. The van der Waals surface area contributed by atoms with Gasteiger partial charge in [0.1, 0.15) is 5.69 Å². The summed E-state index contributed by atoms with van der Waals surface area (Å²) >= 11 is 5.87. The third kappa shape index (κ3) is 3.83. The molecule has 0 atom stereocenters. The predicted molar refractivity (Wildman–Crippen MR) is 93.6 cm³/mol. The second kappa shape index (κ2) is 7.40. The Morgan fingerprint density at radius 1 is 1.24 bits per heavy atom. The number of carbonyl (C=O) groups excluding carboxylic acids is 1. The fourth-order valence-electron chi connectivity index (χ4n) is 2.42. The molecule has 2 heterocycles. The van der Waals surface area contributed by atoms with Gasteiger partial charge < -0.3 is 14.8 Å². The van der Waals surface area contributed by atoms with Crippen LogP contribution in [0.15, 0.2) is 36.8 Å². The highest BCUT2D eigenvalue weighted by molar-refractivity contribution is 6.30. The van der Waals surface area contributed by atoms with E-state index in [0.717, 1.165) is 5.56 Å². The molecule has 3 rings (SSSR count). The molecular formula is C17H17ClN4O3. The van der Waals surface area contributed by atoms with Gasteiger partial charge in [0.15, 0.2) is 11.5 Å². The summed E-state index contributed by atoms with van der Waals surface area (Å²) in [6.45, 7) is 0.469. The van der Waals surface area contributed by atoms with Gasteiger partial charge in [-0.25, -0.2) is 9.97 Å². The summed E-state index contributed by atoms with van der Waals surface area (Å²) in [6.07, 6.45) is 5.39. The summed E-state index contributed by atoms with van der Waals surface area (Å²) in [5.41, 5.74) is 1.32. The number of carbonyl (C=O) groups is 1. The number of aromatic nitrogens is 3. The zero-order chi connectivity index (χ0) is 17.8. The van der Waals surface area contributed by atoms with Gasteiger partial charge in [-0.05, 0) is 24.1 Å². The molecule has 8 heteroatoms. The highest BCUT2D eigenvalue weighted by Gasteiger charge is 2.11. The largest absolute Gasteiger partial charge is 0.493 e. The molecule has 1 N–H and O–H groups in total. The molecule has 0 saturated carbocycles. The number of hydrogen-bond acceptors (Lipinski definition) is 5. The number of imidazole rings is 1. The van der Waals surface area contributed by atoms with Crippen LogP contribution in [0.25, 0.3) is 5.78 Å². The van der Waals surface area contributed by atoms with E-state index in [1.165, 1.54) is 6.20 Å². The molecule has 0 spiro atoms. The number of rotatable bonds is 6. The Kier molecular flexibility index (Phi) is 5.04. The summed E-state index contributed by atoms with van der Waals surface area (Å²) in [6, 6.07) is 5.67. The number of hydrogen-bond donors (Lipinski definition) is 1. The predicted octanol–water partition coefficient (Wildman–Crippen LogP) is 2.37. The Morgan fingerprint density at radius 2 is 2.04 bits per heavy atom. The molecule has 0 saturated heterocycles. The molecule has 2 aromatic heterocycles. The second-order valence-electron chi connectivity index (χ2n) is 5.30. The lowest BCUT2D eigenvalue weighted by Gasteiger charge is -2.09. The van der Waals surface area contributed by atoms with Crippen molar-refractivity contribution in [3.05, 3.63) is 53.1 Å². The quantitative estimate of drug-likeness (QED) is 0.730. The lowest BCUT2D eigenvalue weighted by molar-refractivity contribution is 0.0949. The lowest BCUT2D eigenvalue weighted by atomic mass is 10.1. The van der Waals surface area contributed by atoms with Crippen LogP contribution in [0.1, 0.15) is 16.1 Å². The molecule has 0 fully saturated rings. The number of amides is 1. The van der Waals surface area contributed by atoms with Crippen LogP contribution in [0, 0.1) is 0 Å². The van der Waals surface area contributed by atoms with Crippen LogP contribution in [0.3, 0.4) is 0 Å². The van der Waals surface area contributed by atoms with Crippen molar-refractivity contribution in [2.24, 2.45) is 0 Å². The van der Waals surface area contributed by atoms with E-state index in [9.17, 15) is 4.79 Å². The van der Waals surface area contributed by atoms with Crippen molar-refractivity contribution in [3.63, 3.8) is 0 Å². The highest BCUT2D eigenvalue weighted by atomic mass is 35.5. The number of benzene rings is 1. The van der Waals surface area contributed by atoms with Crippen molar-refractivity contribution >= 4 is 23.3 Å². The number of halogens is 1. The normalized spacial score (nSPS) is 10.7. The van der Waals surface area contributed by atoms with E-state index in [1.807, 2.05) is 18.2 Å². The van der Waals surface area contributed by atoms with Gasteiger partial charge in [0, 0.05) is 18.9 Å². The maximum Gasteiger partial charge on any atom is 0.271 e. The number of nitrogens with zero attached hydrogens (tertiary/aromatic N) is 3. The third-order valence-electron chi connectivity index (χ3n) is 3.66. The highest BCUT2D eigenvalue weighted by Crippen LogP contribution is 2.27. The molecule has 7 nitrogen and oxygen atoms in total. The first-order valence-corrected chi connectivity index (χ1v) is 7.98. The standard InChI is InChI=1S/C17H17ClN4O3/c1-24-14-4-3-11(7-15(14)25-2)5-6-19-16(23)13-10-22-9-12(18)8-20-17(22)21-13/h3-4,7-10H,5-6H2,1-2H3,(H,19,23). The van der Waals surface area contributed by atoms with Crippen molar-refractivity contribution in [2.75, 3.05) is 20.8 Å². The van der Waals surface area contributed by atoms with E-state index in [-0.39, 0.29) is 5.91 Å².